The van der Waals surface area contributed by atoms with E-state index in [1.807, 2.05) is 35.8 Å². The van der Waals surface area contributed by atoms with Gasteiger partial charge in [0.05, 0.1) is 12.1 Å². The molecule has 0 saturated heterocycles. The smallest absolute Gasteiger partial charge is 0.303 e. The van der Waals surface area contributed by atoms with Gasteiger partial charge in [-0.15, -0.1) is 21.5 Å². The van der Waals surface area contributed by atoms with Crippen molar-refractivity contribution in [2.45, 2.75) is 52.5 Å². The fourth-order valence-electron chi connectivity index (χ4n) is 4.01. The van der Waals surface area contributed by atoms with Gasteiger partial charge in [-0.25, -0.2) is 0 Å². The van der Waals surface area contributed by atoms with Gasteiger partial charge in [-0.2, -0.15) is 0 Å². The first kappa shape index (κ1) is 24.1. The molecule has 1 amide bonds. The molecule has 4 rings (SSSR count). The number of rotatable bonds is 8. The summed E-state index contributed by atoms with van der Waals surface area (Å²) < 4.78 is 2.01. The van der Waals surface area contributed by atoms with E-state index < -0.39 is 12.0 Å². The first-order chi connectivity index (χ1) is 16.3. The van der Waals surface area contributed by atoms with Crippen LogP contribution >= 0.6 is 22.9 Å². The summed E-state index contributed by atoms with van der Waals surface area (Å²) in [6.07, 6.45) is 1.33. The lowest BCUT2D eigenvalue weighted by Crippen LogP contribution is -2.26. The van der Waals surface area contributed by atoms with Crippen LogP contribution in [0.1, 0.15) is 64.9 Å². The van der Waals surface area contributed by atoms with Gasteiger partial charge >= 0.3 is 5.97 Å². The lowest BCUT2D eigenvalue weighted by molar-refractivity contribution is -0.137. The SMILES string of the molecule is Cc1sc2c(c1C)C(c1ccc(Cl)cc1)=N[C@@H](CC(=O)NCCCCC(=O)O)c1nnc(C)n1-2. The Hall–Kier alpha value is -3.04. The number of fused-ring (bicyclic) bond motifs is 3. The van der Waals surface area contributed by atoms with Gasteiger partial charge in [-0.1, -0.05) is 23.7 Å². The van der Waals surface area contributed by atoms with Crippen molar-refractivity contribution in [1.29, 1.82) is 0 Å². The van der Waals surface area contributed by atoms with E-state index in [1.165, 1.54) is 4.88 Å². The Bertz CT molecular complexity index is 1260. The molecule has 0 saturated carbocycles. The van der Waals surface area contributed by atoms with Crippen LogP contribution in [0.25, 0.3) is 5.00 Å². The van der Waals surface area contributed by atoms with Crippen molar-refractivity contribution in [3.8, 4) is 5.00 Å². The van der Waals surface area contributed by atoms with Gasteiger partial charge in [0.2, 0.25) is 5.91 Å². The number of thiophene rings is 1. The van der Waals surface area contributed by atoms with Crippen LogP contribution in [0.3, 0.4) is 0 Å². The van der Waals surface area contributed by atoms with Gasteiger partial charge in [0, 0.05) is 34.0 Å². The number of unbranched alkanes of at least 4 members (excludes halogenated alkanes) is 1. The average molecular weight is 500 g/mol. The Morgan fingerprint density at radius 3 is 2.59 bits per heavy atom. The molecule has 10 heteroatoms. The van der Waals surface area contributed by atoms with Crippen LogP contribution in [0.5, 0.6) is 0 Å². The maximum atomic E-state index is 12.8. The molecular weight excluding hydrogens is 474 g/mol. The molecule has 34 heavy (non-hydrogen) atoms. The van der Waals surface area contributed by atoms with E-state index in [4.69, 9.17) is 21.7 Å². The summed E-state index contributed by atoms with van der Waals surface area (Å²) in [6.45, 7) is 6.49. The van der Waals surface area contributed by atoms with Crippen LogP contribution < -0.4 is 5.32 Å². The number of aliphatic imine (C=N–C) groups is 1. The Kier molecular flexibility index (Phi) is 7.13. The number of aromatic nitrogens is 3. The second-order valence-corrected chi connectivity index (χ2v) is 9.95. The van der Waals surface area contributed by atoms with Crippen molar-refractivity contribution >= 4 is 40.5 Å². The molecule has 2 N–H and O–H groups in total. The van der Waals surface area contributed by atoms with E-state index in [0.29, 0.717) is 30.2 Å². The van der Waals surface area contributed by atoms with Crippen LogP contribution in [-0.2, 0) is 9.59 Å². The third-order valence-electron chi connectivity index (χ3n) is 5.88. The number of amides is 1. The summed E-state index contributed by atoms with van der Waals surface area (Å²) in [7, 11) is 0. The van der Waals surface area contributed by atoms with Crippen molar-refractivity contribution in [2.75, 3.05) is 6.54 Å². The van der Waals surface area contributed by atoms with Crippen LogP contribution in [0.2, 0.25) is 5.02 Å². The van der Waals surface area contributed by atoms with E-state index in [2.05, 4.69) is 29.4 Å². The number of carboxylic acids is 1. The molecular formula is C24H26ClN5O3S. The van der Waals surface area contributed by atoms with E-state index in [9.17, 15) is 9.59 Å². The molecule has 1 aliphatic heterocycles. The summed E-state index contributed by atoms with van der Waals surface area (Å²) in [5, 5.41) is 22.0. The molecule has 0 unspecified atom stereocenters. The maximum Gasteiger partial charge on any atom is 0.303 e. The van der Waals surface area contributed by atoms with Gasteiger partial charge < -0.3 is 10.4 Å². The standard InChI is InChI=1S/C24H26ClN5O3S/c1-13-14(2)34-24-21(13)22(16-7-9-17(25)10-8-16)27-18(23-29-28-15(3)30(23)24)12-19(31)26-11-5-4-6-20(32)33/h7-10,18H,4-6,11-12H2,1-3H3,(H,26,31)(H,32,33)/t18-/m0/s1. The van der Waals surface area contributed by atoms with Gasteiger partial charge in [0.15, 0.2) is 5.82 Å². The quantitative estimate of drug-likeness (QED) is 0.441. The van der Waals surface area contributed by atoms with Crippen LogP contribution in [0, 0.1) is 20.8 Å². The number of hydrogen-bond donors (Lipinski definition) is 2. The van der Waals surface area contributed by atoms with Crippen molar-refractivity contribution in [3.63, 3.8) is 0 Å². The maximum absolute atomic E-state index is 12.8. The summed E-state index contributed by atoms with van der Waals surface area (Å²) >= 11 is 7.80. The molecule has 0 fully saturated rings. The van der Waals surface area contributed by atoms with Gasteiger partial charge in [0.1, 0.15) is 16.9 Å². The number of nitrogens with one attached hydrogen (secondary N) is 1. The normalized spacial score (nSPS) is 14.7. The fourth-order valence-corrected chi connectivity index (χ4v) is 5.35. The molecule has 3 heterocycles. The molecule has 1 aromatic carbocycles. The predicted molar refractivity (Wildman–Crippen MR) is 132 cm³/mol. The molecule has 178 valence electrons. The average Bonchev–Trinajstić information content (AvgIpc) is 3.26. The Balaban J connectivity index is 1.69. The minimum Gasteiger partial charge on any atom is -0.481 e. The lowest BCUT2D eigenvalue weighted by atomic mass is 9.99. The topological polar surface area (TPSA) is 109 Å². The molecule has 1 aliphatic rings. The summed E-state index contributed by atoms with van der Waals surface area (Å²) in [5.74, 6) is 0.376. The zero-order chi connectivity index (χ0) is 24.4. The van der Waals surface area contributed by atoms with Crippen molar-refractivity contribution < 1.29 is 14.7 Å². The highest BCUT2D eigenvalue weighted by atomic mass is 35.5. The van der Waals surface area contributed by atoms with Crippen LogP contribution in [0.4, 0.5) is 0 Å². The molecule has 0 spiro atoms. The summed E-state index contributed by atoms with van der Waals surface area (Å²) in [4.78, 5) is 29.7. The molecule has 0 bridgehead atoms. The first-order valence-corrected chi connectivity index (χ1v) is 12.3. The Morgan fingerprint density at radius 2 is 1.88 bits per heavy atom. The second kappa shape index (κ2) is 10.1. The third kappa shape index (κ3) is 4.90. The van der Waals surface area contributed by atoms with Gasteiger partial charge in [-0.3, -0.25) is 19.1 Å². The first-order valence-electron chi connectivity index (χ1n) is 11.1. The fraction of sp³-hybridized carbons (Fsp3) is 0.375. The van der Waals surface area contributed by atoms with Gasteiger partial charge in [0.25, 0.3) is 0 Å². The monoisotopic (exact) mass is 499 g/mol. The molecule has 1 atom stereocenters. The minimum atomic E-state index is -0.832. The number of aliphatic carboxylic acids is 1. The Labute approximate surface area is 206 Å². The number of aryl methyl sites for hydroxylation is 2. The zero-order valence-electron chi connectivity index (χ0n) is 19.3. The number of nitrogens with zero attached hydrogens (tertiary/aromatic N) is 4. The number of carbonyl (C=O) groups excluding carboxylic acids is 1. The molecule has 0 radical (unpaired) electrons. The molecule has 8 nitrogen and oxygen atoms in total. The van der Waals surface area contributed by atoms with E-state index in [0.717, 1.165) is 33.2 Å². The van der Waals surface area contributed by atoms with Crippen LogP contribution in [0.15, 0.2) is 29.3 Å². The summed E-state index contributed by atoms with van der Waals surface area (Å²) in [5.41, 5.74) is 3.88. The predicted octanol–water partition coefficient (Wildman–Crippen LogP) is 4.56. The van der Waals surface area contributed by atoms with E-state index in [1.54, 1.807) is 11.3 Å². The van der Waals surface area contributed by atoms with E-state index >= 15 is 0 Å². The summed E-state index contributed by atoms with van der Waals surface area (Å²) in [6, 6.07) is 7.03. The zero-order valence-corrected chi connectivity index (χ0v) is 20.8. The highest BCUT2D eigenvalue weighted by Gasteiger charge is 2.32. The van der Waals surface area contributed by atoms with Crippen molar-refractivity contribution in [2.24, 2.45) is 4.99 Å². The third-order valence-corrected chi connectivity index (χ3v) is 7.32. The lowest BCUT2D eigenvalue weighted by Gasteiger charge is -2.13. The van der Waals surface area contributed by atoms with Crippen molar-refractivity contribution in [3.05, 3.63) is 62.5 Å². The Morgan fingerprint density at radius 1 is 1.15 bits per heavy atom. The number of carbonyl (C=O) groups is 2. The van der Waals surface area contributed by atoms with Crippen LogP contribution in [-0.4, -0.2) is 44.0 Å². The largest absolute Gasteiger partial charge is 0.481 e. The number of carboxylic acid groups (broad SMARTS) is 1. The van der Waals surface area contributed by atoms with Gasteiger partial charge in [-0.05, 0) is 51.3 Å². The highest BCUT2D eigenvalue weighted by molar-refractivity contribution is 7.15. The number of halogens is 1. The van der Waals surface area contributed by atoms with E-state index in [-0.39, 0.29) is 18.7 Å². The molecule has 0 aliphatic carbocycles. The molecule has 2 aromatic heterocycles. The number of hydrogen-bond acceptors (Lipinski definition) is 6. The second-order valence-electron chi connectivity index (χ2n) is 8.31. The van der Waals surface area contributed by atoms with Crippen molar-refractivity contribution in [1.82, 2.24) is 20.1 Å². The molecule has 3 aromatic rings. The minimum absolute atomic E-state index is 0.0940. The highest BCUT2D eigenvalue weighted by Crippen LogP contribution is 2.39. The number of benzene rings is 1.